The number of aliphatic hydroxyl groups excluding tert-OH is 2. The van der Waals surface area contributed by atoms with Crippen LogP contribution >= 0.6 is 31.9 Å². The third-order valence-corrected chi connectivity index (χ3v) is 6.89. The number of nitro groups is 2. The average molecular weight is 664 g/mol. The number of nitro benzene ring substituents is 2. The normalized spacial score (nSPS) is 11.2. The predicted molar refractivity (Wildman–Crippen MR) is 144 cm³/mol. The van der Waals surface area contributed by atoms with Crippen molar-refractivity contribution < 1.29 is 39.1 Å². The van der Waals surface area contributed by atoms with Crippen molar-refractivity contribution in [2.45, 2.75) is 38.5 Å². The molecule has 0 amide bonds. The second-order valence-electron chi connectivity index (χ2n) is 8.29. The molecule has 0 saturated carbocycles. The van der Waals surface area contributed by atoms with Gasteiger partial charge in [-0.3, -0.25) is 29.8 Å². The summed E-state index contributed by atoms with van der Waals surface area (Å²) in [5.74, 6) is -1.55. The highest BCUT2D eigenvalue weighted by Crippen LogP contribution is 2.35. The summed E-state index contributed by atoms with van der Waals surface area (Å²) in [5, 5.41) is 39.8. The molecule has 0 saturated heterocycles. The Hall–Kier alpha value is -2.94. The van der Waals surface area contributed by atoms with Gasteiger partial charge in [0.2, 0.25) is 0 Å². The van der Waals surface area contributed by atoms with E-state index < -0.39 is 32.6 Å². The molecule has 0 spiro atoms. The molecule has 0 radical (unpaired) electrons. The highest BCUT2D eigenvalue weighted by atomic mass is 79.9. The van der Waals surface area contributed by atoms with E-state index in [9.17, 15) is 40.0 Å². The Bertz CT molecular complexity index is 1170. The van der Waals surface area contributed by atoms with Gasteiger partial charge < -0.3 is 19.7 Å². The fourth-order valence-corrected chi connectivity index (χ4v) is 4.81. The molecule has 208 valence electrons. The smallest absolute Gasteiger partial charge is 0.327 e. The van der Waals surface area contributed by atoms with Crippen LogP contribution in [-0.2, 0) is 29.9 Å². The monoisotopic (exact) mass is 662 g/mol. The number of halogens is 2. The van der Waals surface area contributed by atoms with Crippen molar-refractivity contribution in [1.82, 2.24) is 0 Å². The van der Waals surface area contributed by atoms with E-state index in [2.05, 4.69) is 31.9 Å². The molecule has 0 aliphatic rings. The van der Waals surface area contributed by atoms with Gasteiger partial charge in [0.25, 0.3) is 11.4 Å². The van der Waals surface area contributed by atoms with Gasteiger partial charge in [0, 0.05) is 38.6 Å². The van der Waals surface area contributed by atoms with E-state index >= 15 is 0 Å². The van der Waals surface area contributed by atoms with E-state index in [0.717, 1.165) is 0 Å². The number of carbonyl (C=O) groups excluding carboxylic acids is 2. The standard InChI is InChI=1S/C14H16BrNO6.C10H12BrNO4/c1-4-21-12(17)14(3,13(18)22-5-2)10-7-6-9(16(19)20)8-11(10)15;1-10(5-13,6-14)8-3-2-7(12(15)16)4-9(8)11/h6-8H,4-5H2,1-3H3;2-4,13-14H,5-6H2,1H3. The van der Waals surface area contributed by atoms with Crippen LogP contribution in [0.4, 0.5) is 11.4 Å². The molecule has 0 aromatic heterocycles. The lowest BCUT2D eigenvalue weighted by Gasteiger charge is -2.26. The number of benzene rings is 2. The third-order valence-electron chi connectivity index (χ3n) is 5.58. The Morgan fingerprint density at radius 3 is 1.47 bits per heavy atom. The first-order chi connectivity index (χ1) is 17.7. The lowest BCUT2D eigenvalue weighted by Crippen LogP contribution is -2.43. The molecule has 0 atom stereocenters. The minimum absolute atomic E-state index is 0.0335. The zero-order valence-electron chi connectivity index (χ0n) is 21.1. The number of rotatable bonds is 10. The molecule has 38 heavy (non-hydrogen) atoms. The van der Waals surface area contributed by atoms with Crippen molar-refractivity contribution >= 4 is 55.2 Å². The Morgan fingerprint density at radius 1 is 0.816 bits per heavy atom. The van der Waals surface area contributed by atoms with Gasteiger partial charge in [-0.25, -0.2) is 0 Å². The van der Waals surface area contributed by atoms with Gasteiger partial charge in [-0.15, -0.1) is 0 Å². The van der Waals surface area contributed by atoms with E-state index in [0.29, 0.717) is 10.0 Å². The molecule has 2 rings (SSSR count). The van der Waals surface area contributed by atoms with E-state index in [-0.39, 0.29) is 47.8 Å². The molecule has 2 N–H and O–H groups in total. The lowest BCUT2D eigenvalue weighted by atomic mass is 9.82. The summed E-state index contributed by atoms with van der Waals surface area (Å²) in [5.41, 5.74) is -1.83. The molecule has 2 aromatic rings. The summed E-state index contributed by atoms with van der Waals surface area (Å²) in [6, 6.07) is 8.04. The largest absolute Gasteiger partial charge is 0.465 e. The fraction of sp³-hybridized carbons (Fsp3) is 0.417. The van der Waals surface area contributed by atoms with Crippen LogP contribution in [0, 0.1) is 20.2 Å². The Morgan fingerprint density at radius 2 is 1.18 bits per heavy atom. The Kier molecular flexibility index (Phi) is 12.4. The van der Waals surface area contributed by atoms with Crippen molar-refractivity contribution in [2.75, 3.05) is 26.4 Å². The zero-order chi connectivity index (χ0) is 29.3. The van der Waals surface area contributed by atoms with Crippen molar-refractivity contribution in [3.63, 3.8) is 0 Å². The summed E-state index contributed by atoms with van der Waals surface area (Å²) in [6.07, 6.45) is 0. The first-order valence-electron chi connectivity index (χ1n) is 11.2. The molecule has 12 nitrogen and oxygen atoms in total. The molecule has 0 aliphatic heterocycles. The van der Waals surface area contributed by atoms with Crippen molar-refractivity contribution in [3.8, 4) is 0 Å². The topological polar surface area (TPSA) is 179 Å². The molecule has 14 heteroatoms. The summed E-state index contributed by atoms with van der Waals surface area (Å²) < 4.78 is 10.7. The maximum Gasteiger partial charge on any atom is 0.327 e. The first kappa shape index (κ1) is 33.1. The van der Waals surface area contributed by atoms with Crippen LogP contribution in [0.5, 0.6) is 0 Å². The summed E-state index contributed by atoms with van der Waals surface area (Å²) in [7, 11) is 0. The molecule has 0 unspecified atom stereocenters. The summed E-state index contributed by atoms with van der Waals surface area (Å²) in [6.45, 7) is 6.01. The number of nitrogens with zero attached hydrogens (tertiary/aromatic N) is 2. The molecule has 0 aliphatic carbocycles. The van der Waals surface area contributed by atoms with Crippen LogP contribution in [0.1, 0.15) is 38.8 Å². The number of aliphatic hydroxyl groups is 2. The maximum atomic E-state index is 12.3. The second kappa shape index (κ2) is 14.3. The van der Waals surface area contributed by atoms with Gasteiger partial charge in [0.15, 0.2) is 5.41 Å². The molecule has 0 bridgehead atoms. The summed E-state index contributed by atoms with van der Waals surface area (Å²) >= 11 is 6.38. The minimum Gasteiger partial charge on any atom is -0.465 e. The number of carbonyl (C=O) groups is 2. The average Bonchev–Trinajstić information content (AvgIpc) is 2.88. The van der Waals surface area contributed by atoms with Gasteiger partial charge in [-0.1, -0.05) is 44.8 Å². The highest BCUT2D eigenvalue weighted by molar-refractivity contribution is 9.10. The minimum atomic E-state index is -1.71. The van der Waals surface area contributed by atoms with Crippen molar-refractivity contribution in [1.29, 1.82) is 0 Å². The Labute approximate surface area is 235 Å². The van der Waals surface area contributed by atoms with Gasteiger partial charge in [-0.05, 0) is 38.0 Å². The second-order valence-corrected chi connectivity index (χ2v) is 9.99. The zero-order valence-corrected chi connectivity index (χ0v) is 24.3. The highest BCUT2D eigenvalue weighted by Gasteiger charge is 2.47. The predicted octanol–water partition coefficient (Wildman–Crippen LogP) is 4.34. The van der Waals surface area contributed by atoms with E-state index in [4.69, 9.17) is 9.47 Å². The van der Waals surface area contributed by atoms with Gasteiger partial charge in [-0.2, -0.15) is 0 Å². The van der Waals surface area contributed by atoms with Crippen LogP contribution in [-0.4, -0.2) is 58.4 Å². The summed E-state index contributed by atoms with van der Waals surface area (Å²) in [4.78, 5) is 44.8. The van der Waals surface area contributed by atoms with Crippen LogP contribution in [0.15, 0.2) is 45.3 Å². The van der Waals surface area contributed by atoms with Crippen molar-refractivity contribution in [3.05, 3.63) is 76.7 Å². The van der Waals surface area contributed by atoms with Crippen molar-refractivity contribution in [2.24, 2.45) is 0 Å². The number of esters is 2. The van der Waals surface area contributed by atoms with Crippen LogP contribution in [0.3, 0.4) is 0 Å². The number of hydrogen-bond acceptors (Lipinski definition) is 10. The van der Waals surface area contributed by atoms with Gasteiger partial charge in [0.05, 0.1) is 36.3 Å². The molecule has 0 heterocycles. The van der Waals surface area contributed by atoms with E-state index in [1.165, 1.54) is 43.3 Å². The lowest BCUT2D eigenvalue weighted by molar-refractivity contribution is -0.385. The van der Waals surface area contributed by atoms with Crippen LogP contribution in [0.25, 0.3) is 0 Å². The van der Waals surface area contributed by atoms with E-state index in [1.807, 2.05) is 0 Å². The first-order valence-corrected chi connectivity index (χ1v) is 12.8. The van der Waals surface area contributed by atoms with Crippen LogP contribution < -0.4 is 0 Å². The molecular weight excluding hydrogens is 636 g/mol. The van der Waals surface area contributed by atoms with Gasteiger partial charge in [0.1, 0.15) is 0 Å². The maximum absolute atomic E-state index is 12.3. The Balaban J connectivity index is 0.000000399. The number of ether oxygens (including phenoxy) is 2. The quantitative estimate of drug-likeness (QED) is 0.161. The van der Waals surface area contributed by atoms with Gasteiger partial charge >= 0.3 is 11.9 Å². The number of hydrogen-bond donors (Lipinski definition) is 2. The van der Waals surface area contributed by atoms with E-state index in [1.54, 1.807) is 20.8 Å². The fourth-order valence-electron chi connectivity index (χ4n) is 3.20. The number of non-ortho nitro benzene ring substituents is 2. The molecule has 2 aromatic carbocycles. The SMILES string of the molecule is CC(CO)(CO)c1ccc([N+](=O)[O-])cc1Br.CCOC(=O)C(C)(C(=O)OCC)c1ccc([N+](=O)[O-])cc1Br. The molecule has 0 fully saturated rings. The molecular formula is C24H28Br2N2O10. The third kappa shape index (κ3) is 7.56. The van der Waals surface area contributed by atoms with Crippen LogP contribution in [0.2, 0.25) is 0 Å².